The summed E-state index contributed by atoms with van der Waals surface area (Å²) in [7, 11) is 0. The molecule has 0 aliphatic rings. The number of allylic oxidation sites excluding steroid dienone is 1. The maximum atomic E-state index is 11.9. The van der Waals surface area contributed by atoms with E-state index in [9.17, 15) is 17.6 Å². The van der Waals surface area contributed by atoms with E-state index < -0.39 is 17.6 Å². The molecule has 0 unspecified atom stereocenters. The Hall–Kier alpha value is -1.05. The Kier molecular flexibility index (Phi) is 2.41. The van der Waals surface area contributed by atoms with Crippen LogP contribution < -0.4 is 0 Å². The van der Waals surface area contributed by atoms with Gasteiger partial charge in [0.1, 0.15) is 6.07 Å². The molecule has 0 radical (unpaired) electrons. The quantitative estimate of drug-likeness (QED) is 0.530. The van der Waals surface area contributed by atoms with E-state index in [2.05, 4.69) is 0 Å². The highest BCUT2D eigenvalue weighted by Gasteiger charge is 2.34. The van der Waals surface area contributed by atoms with Crippen molar-refractivity contribution < 1.29 is 17.6 Å². The molecule has 0 atom stereocenters. The molecule has 0 saturated carbocycles. The first-order chi connectivity index (χ1) is 4.41. The van der Waals surface area contributed by atoms with Crippen molar-refractivity contribution in [2.45, 2.75) is 12.8 Å². The van der Waals surface area contributed by atoms with Crippen molar-refractivity contribution in [3.05, 3.63) is 11.7 Å². The molecule has 0 rings (SSSR count). The highest BCUT2D eigenvalue weighted by molar-refractivity contribution is 5.19. The molecule has 0 N–H and O–H groups in total. The van der Waals surface area contributed by atoms with Crippen LogP contribution in [0.3, 0.4) is 0 Å². The summed E-state index contributed by atoms with van der Waals surface area (Å²) in [6.45, 7) is 0.512. The third kappa shape index (κ3) is 1.72. The predicted octanol–water partition coefficient (Wildman–Crippen LogP) is 2.32. The molecule has 0 fully saturated rings. The van der Waals surface area contributed by atoms with Crippen LogP contribution in [-0.4, -0.2) is 5.92 Å². The maximum Gasteiger partial charge on any atom is 0.358 e. The van der Waals surface area contributed by atoms with Gasteiger partial charge in [-0.1, -0.05) is 0 Å². The minimum Gasteiger partial charge on any atom is -0.191 e. The summed E-state index contributed by atoms with van der Waals surface area (Å²) in [5.41, 5.74) is -1.49. The Bertz CT molecular complexity index is 196. The Morgan fingerprint density at radius 2 is 1.80 bits per heavy atom. The van der Waals surface area contributed by atoms with Gasteiger partial charge in [0.05, 0.1) is 5.57 Å². The SMILES string of the molecule is CC(=C(F)F)C(F)(F)C#N. The standard InChI is InChI=1S/C5H3F4N/c1-3(4(6)7)5(8,9)2-10/h1H3. The minimum atomic E-state index is -4.04. The zero-order valence-corrected chi connectivity index (χ0v) is 4.96. The monoisotopic (exact) mass is 153 g/mol. The van der Waals surface area contributed by atoms with Gasteiger partial charge in [0.25, 0.3) is 6.08 Å². The summed E-state index contributed by atoms with van der Waals surface area (Å²) >= 11 is 0. The number of alkyl halides is 2. The highest BCUT2D eigenvalue weighted by Crippen LogP contribution is 2.26. The molecule has 0 aromatic heterocycles. The second-order valence-corrected chi connectivity index (χ2v) is 1.57. The van der Waals surface area contributed by atoms with E-state index in [1.807, 2.05) is 0 Å². The third-order valence-corrected chi connectivity index (χ3v) is 0.895. The highest BCUT2D eigenvalue weighted by atomic mass is 19.3. The van der Waals surface area contributed by atoms with Crippen molar-refractivity contribution in [3.63, 3.8) is 0 Å². The first kappa shape index (κ1) is 8.95. The lowest BCUT2D eigenvalue weighted by molar-refractivity contribution is 0.0984. The molecule has 0 aliphatic carbocycles. The van der Waals surface area contributed by atoms with Crippen LogP contribution in [-0.2, 0) is 0 Å². The van der Waals surface area contributed by atoms with Crippen molar-refractivity contribution in [2.24, 2.45) is 0 Å². The minimum absolute atomic E-state index is 0.451. The number of halogens is 4. The average molecular weight is 153 g/mol. The third-order valence-electron chi connectivity index (χ3n) is 0.895. The van der Waals surface area contributed by atoms with Gasteiger partial charge in [0.15, 0.2) is 0 Å². The van der Waals surface area contributed by atoms with Gasteiger partial charge in [-0.3, -0.25) is 0 Å². The number of hydrogen-bond acceptors (Lipinski definition) is 1. The van der Waals surface area contributed by atoms with Crippen LogP contribution in [0.2, 0.25) is 0 Å². The Morgan fingerprint density at radius 1 is 1.40 bits per heavy atom. The van der Waals surface area contributed by atoms with E-state index in [-0.39, 0.29) is 0 Å². The lowest BCUT2D eigenvalue weighted by Gasteiger charge is -2.04. The molecule has 0 heterocycles. The number of rotatable bonds is 1. The molecule has 0 spiro atoms. The van der Waals surface area contributed by atoms with Crippen molar-refractivity contribution in [2.75, 3.05) is 0 Å². The second-order valence-electron chi connectivity index (χ2n) is 1.57. The van der Waals surface area contributed by atoms with Crippen molar-refractivity contribution in [3.8, 4) is 6.07 Å². The van der Waals surface area contributed by atoms with E-state index in [1.165, 1.54) is 0 Å². The molecule has 10 heavy (non-hydrogen) atoms. The smallest absolute Gasteiger partial charge is 0.191 e. The molecule has 56 valence electrons. The van der Waals surface area contributed by atoms with E-state index in [1.54, 1.807) is 0 Å². The first-order valence-electron chi connectivity index (χ1n) is 2.23. The van der Waals surface area contributed by atoms with Gasteiger partial charge in [0.2, 0.25) is 0 Å². The molecule has 0 saturated heterocycles. The van der Waals surface area contributed by atoms with Gasteiger partial charge in [-0.15, -0.1) is 0 Å². The Morgan fingerprint density at radius 3 is 1.90 bits per heavy atom. The summed E-state index contributed by atoms with van der Waals surface area (Å²) in [6.07, 6.45) is -2.51. The fourth-order valence-corrected chi connectivity index (χ4v) is 0.203. The van der Waals surface area contributed by atoms with Crippen LogP contribution in [0.4, 0.5) is 17.6 Å². The molecule has 0 aromatic carbocycles. The van der Waals surface area contributed by atoms with Crippen LogP contribution in [0, 0.1) is 11.3 Å². The molecular formula is C5H3F4N. The Balaban J connectivity index is 4.71. The van der Waals surface area contributed by atoms with Crippen molar-refractivity contribution in [1.82, 2.24) is 0 Å². The lowest BCUT2D eigenvalue weighted by Crippen LogP contribution is -2.14. The van der Waals surface area contributed by atoms with E-state index in [0.29, 0.717) is 13.0 Å². The van der Waals surface area contributed by atoms with Gasteiger partial charge in [-0.25, -0.2) is 0 Å². The normalized spacial score (nSPS) is 10.4. The van der Waals surface area contributed by atoms with E-state index in [4.69, 9.17) is 5.26 Å². The molecule has 0 amide bonds. The number of nitrogens with zero attached hydrogens (tertiary/aromatic N) is 1. The lowest BCUT2D eigenvalue weighted by atomic mass is 10.2. The van der Waals surface area contributed by atoms with Crippen LogP contribution >= 0.6 is 0 Å². The van der Waals surface area contributed by atoms with E-state index in [0.717, 1.165) is 0 Å². The molecular weight excluding hydrogens is 150 g/mol. The molecule has 0 aromatic rings. The predicted molar refractivity (Wildman–Crippen MR) is 25.5 cm³/mol. The van der Waals surface area contributed by atoms with Crippen molar-refractivity contribution >= 4 is 0 Å². The summed E-state index contributed by atoms with van der Waals surface area (Å²) in [6, 6.07) is 0.451. The number of nitriles is 1. The molecule has 5 heteroatoms. The van der Waals surface area contributed by atoms with Crippen LogP contribution in [0.5, 0.6) is 0 Å². The van der Waals surface area contributed by atoms with Gasteiger partial charge in [-0.2, -0.15) is 22.8 Å². The van der Waals surface area contributed by atoms with Gasteiger partial charge in [0, 0.05) is 0 Å². The van der Waals surface area contributed by atoms with Crippen molar-refractivity contribution in [1.29, 1.82) is 5.26 Å². The zero-order chi connectivity index (χ0) is 8.36. The summed E-state index contributed by atoms with van der Waals surface area (Å²) in [5.74, 6) is -4.04. The molecule has 0 bridgehead atoms. The topological polar surface area (TPSA) is 23.8 Å². The fourth-order valence-electron chi connectivity index (χ4n) is 0.203. The van der Waals surface area contributed by atoms with Gasteiger partial charge >= 0.3 is 5.92 Å². The zero-order valence-electron chi connectivity index (χ0n) is 4.96. The van der Waals surface area contributed by atoms with Gasteiger partial charge < -0.3 is 0 Å². The van der Waals surface area contributed by atoms with Crippen LogP contribution in [0.15, 0.2) is 11.7 Å². The molecule has 0 aliphatic heterocycles. The number of hydrogen-bond donors (Lipinski definition) is 0. The summed E-state index contributed by atoms with van der Waals surface area (Å²) in [4.78, 5) is 0. The molecule has 1 nitrogen and oxygen atoms in total. The largest absolute Gasteiger partial charge is 0.358 e. The maximum absolute atomic E-state index is 11.9. The first-order valence-corrected chi connectivity index (χ1v) is 2.23. The van der Waals surface area contributed by atoms with Crippen LogP contribution in [0.1, 0.15) is 6.92 Å². The average Bonchev–Trinajstić information content (AvgIpc) is 1.86. The Labute approximate surface area is 54.6 Å². The summed E-state index contributed by atoms with van der Waals surface area (Å²) < 4.78 is 46.5. The fraction of sp³-hybridized carbons (Fsp3) is 0.400. The second kappa shape index (κ2) is 2.69. The summed E-state index contributed by atoms with van der Waals surface area (Å²) in [5, 5.41) is 7.65. The van der Waals surface area contributed by atoms with Crippen LogP contribution in [0.25, 0.3) is 0 Å². The van der Waals surface area contributed by atoms with Gasteiger partial charge in [-0.05, 0) is 6.92 Å². The van der Waals surface area contributed by atoms with E-state index >= 15 is 0 Å².